The van der Waals surface area contributed by atoms with Gasteiger partial charge >= 0.3 is 0 Å². The first-order valence-corrected chi connectivity index (χ1v) is 7.46. The Labute approximate surface area is 104 Å². The molecule has 82 valence electrons. The summed E-state index contributed by atoms with van der Waals surface area (Å²) < 4.78 is 1.30. The molecule has 0 aliphatic heterocycles. The van der Waals surface area contributed by atoms with Crippen molar-refractivity contribution in [1.82, 2.24) is 4.90 Å². The molecule has 0 N–H and O–H groups in total. The van der Waals surface area contributed by atoms with Gasteiger partial charge in [0, 0.05) is 28.5 Å². The Morgan fingerprint density at radius 2 is 2.13 bits per heavy atom. The summed E-state index contributed by atoms with van der Waals surface area (Å²) in [5.74, 6) is 1.02. The summed E-state index contributed by atoms with van der Waals surface area (Å²) in [5.41, 5.74) is 0. The maximum absolute atomic E-state index is 3.63. The third-order valence-corrected chi connectivity index (χ3v) is 5.20. The molecule has 2 aliphatic carbocycles. The number of halogens is 1. The van der Waals surface area contributed by atoms with Crippen molar-refractivity contribution in [3.63, 3.8) is 0 Å². The molecule has 2 saturated carbocycles. The van der Waals surface area contributed by atoms with E-state index in [1.807, 2.05) is 11.3 Å². The van der Waals surface area contributed by atoms with Gasteiger partial charge in [0.15, 0.2) is 0 Å². The van der Waals surface area contributed by atoms with Crippen molar-refractivity contribution in [1.29, 1.82) is 0 Å². The number of hydrogen-bond donors (Lipinski definition) is 0. The molecule has 2 aliphatic rings. The van der Waals surface area contributed by atoms with E-state index in [0.29, 0.717) is 0 Å². The molecule has 1 aromatic heterocycles. The van der Waals surface area contributed by atoms with Crippen molar-refractivity contribution < 1.29 is 0 Å². The Kier molecular flexibility index (Phi) is 2.88. The Bertz CT molecular complexity index is 341. The van der Waals surface area contributed by atoms with E-state index in [1.54, 1.807) is 0 Å². The zero-order valence-corrected chi connectivity index (χ0v) is 11.2. The molecule has 3 heteroatoms. The second-order valence-corrected chi connectivity index (χ2v) is 6.65. The molecule has 2 fully saturated rings. The van der Waals surface area contributed by atoms with E-state index in [9.17, 15) is 0 Å². The average molecular weight is 286 g/mol. The Morgan fingerprint density at radius 3 is 2.67 bits per heavy atom. The SMILES string of the molecule is Brc1ccsc1CN(CC1CC1)C1CC1. The fraction of sp³-hybridized carbons (Fsp3) is 0.667. The standard InChI is InChI=1S/C12H16BrNS/c13-11-5-6-15-12(11)8-14(10-3-4-10)7-9-1-2-9/h5-6,9-10H,1-4,7-8H2. The highest BCUT2D eigenvalue weighted by Gasteiger charge is 2.33. The first-order valence-electron chi connectivity index (χ1n) is 5.79. The van der Waals surface area contributed by atoms with Crippen molar-refractivity contribution in [2.24, 2.45) is 5.92 Å². The summed E-state index contributed by atoms with van der Waals surface area (Å²) >= 11 is 5.51. The first-order chi connectivity index (χ1) is 7.33. The fourth-order valence-electron chi connectivity index (χ4n) is 2.04. The van der Waals surface area contributed by atoms with E-state index in [2.05, 4.69) is 32.3 Å². The van der Waals surface area contributed by atoms with Gasteiger partial charge in [-0.2, -0.15) is 0 Å². The van der Waals surface area contributed by atoms with Crippen LogP contribution in [-0.4, -0.2) is 17.5 Å². The van der Waals surface area contributed by atoms with Gasteiger partial charge in [0.25, 0.3) is 0 Å². The van der Waals surface area contributed by atoms with Gasteiger partial charge in [-0.15, -0.1) is 11.3 Å². The Hall–Kier alpha value is 0.140. The van der Waals surface area contributed by atoms with Crippen LogP contribution in [0.25, 0.3) is 0 Å². The molecule has 1 aromatic rings. The van der Waals surface area contributed by atoms with Gasteiger partial charge in [0.05, 0.1) is 0 Å². The molecule has 1 nitrogen and oxygen atoms in total. The largest absolute Gasteiger partial charge is 0.295 e. The zero-order valence-electron chi connectivity index (χ0n) is 8.79. The lowest BCUT2D eigenvalue weighted by molar-refractivity contribution is 0.246. The molecule has 1 heterocycles. The number of nitrogens with zero attached hydrogens (tertiary/aromatic N) is 1. The summed E-state index contributed by atoms with van der Waals surface area (Å²) in [7, 11) is 0. The van der Waals surface area contributed by atoms with Crippen molar-refractivity contribution in [3.05, 3.63) is 20.8 Å². The van der Waals surface area contributed by atoms with Crippen LogP contribution in [-0.2, 0) is 6.54 Å². The minimum Gasteiger partial charge on any atom is -0.295 e. The molecule has 0 bridgehead atoms. The molecule has 0 radical (unpaired) electrons. The minimum absolute atomic E-state index is 0.902. The van der Waals surface area contributed by atoms with E-state index in [4.69, 9.17) is 0 Å². The highest BCUT2D eigenvalue weighted by Crippen LogP contribution is 2.37. The predicted octanol–water partition coefficient (Wildman–Crippen LogP) is 3.89. The van der Waals surface area contributed by atoms with E-state index in [0.717, 1.165) is 12.0 Å². The lowest BCUT2D eigenvalue weighted by Crippen LogP contribution is -2.27. The number of hydrogen-bond acceptors (Lipinski definition) is 2. The van der Waals surface area contributed by atoms with E-state index in [-0.39, 0.29) is 0 Å². The lowest BCUT2D eigenvalue weighted by atomic mass is 10.3. The maximum Gasteiger partial charge on any atom is 0.0342 e. The van der Waals surface area contributed by atoms with Gasteiger partial charge in [-0.05, 0) is 59.0 Å². The molecule has 0 spiro atoms. The molecule has 0 unspecified atom stereocenters. The van der Waals surface area contributed by atoms with Gasteiger partial charge in [-0.25, -0.2) is 0 Å². The van der Waals surface area contributed by atoms with Gasteiger partial charge < -0.3 is 0 Å². The van der Waals surface area contributed by atoms with Crippen molar-refractivity contribution in [2.75, 3.05) is 6.54 Å². The van der Waals surface area contributed by atoms with E-state index >= 15 is 0 Å². The summed E-state index contributed by atoms with van der Waals surface area (Å²) in [4.78, 5) is 4.20. The predicted molar refractivity (Wildman–Crippen MR) is 68.2 cm³/mol. The second-order valence-electron chi connectivity index (χ2n) is 4.80. The van der Waals surface area contributed by atoms with E-state index in [1.165, 1.54) is 48.1 Å². The van der Waals surface area contributed by atoms with Crippen LogP contribution in [0.2, 0.25) is 0 Å². The summed E-state index contributed by atoms with van der Waals surface area (Å²) in [6, 6.07) is 3.07. The van der Waals surface area contributed by atoms with Crippen molar-refractivity contribution in [2.45, 2.75) is 38.3 Å². The molecule has 0 aromatic carbocycles. The molecular formula is C12H16BrNS. The lowest BCUT2D eigenvalue weighted by Gasteiger charge is -2.21. The van der Waals surface area contributed by atoms with Crippen LogP contribution < -0.4 is 0 Å². The van der Waals surface area contributed by atoms with Gasteiger partial charge in [-0.1, -0.05) is 0 Å². The van der Waals surface area contributed by atoms with Crippen LogP contribution in [0.5, 0.6) is 0 Å². The second kappa shape index (κ2) is 4.19. The summed E-state index contributed by atoms with van der Waals surface area (Å²) in [5, 5.41) is 2.18. The smallest absolute Gasteiger partial charge is 0.0342 e. The zero-order chi connectivity index (χ0) is 10.3. The Morgan fingerprint density at radius 1 is 1.33 bits per heavy atom. The number of thiophene rings is 1. The van der Waals surface area contributed by atoms with Crippen LogP contribution >= 0.6 is 27.3 Å². The molecule has 15 heavy (non-hydrogen) atoms. The van der Waals surface area contributed by atoms with Crippen LogP contribution in [0.4, 0.5) is 0 Å². The van der Waals surface area contributed by atoms with Gasteiger partial charge in [0.1, 0.15) is 0 Å². The van der Waals surface area contributed by atoms with Crippen LogP contribution in [0.3, 0.4) is 0 Å². The van der Waals surface area contributed by atoms with Crippen LogP contribution in [0, 0.1) is 5.92 Å². The maximum atomic E-state index is 3.63. The third kappa shape index (κ3) is 2.63. The summed E-state index contributed by atoms with van der Waals surface area (Å²) in [6.07, 6.45) is 5.79. The van der Waals surface area contributed by atoms with Crippen molar-refractivity contribution in [3.8, 4) is 0 Å². The average Bonchev–Trinajstić information content (AvgIpc) is 3.10. The molecule has 3 rings (SSSR count). The highest BCUT2D eigenvalue weighted by atomic mass is 79.9. The van der Waals surface area contributed by atoms with Gasteiger partial charge in [-0.3, -0.25) is 4.90 Å². The molecule has 0 saturated heterocycles. The van der Waals surface area contributed by atoms with E-state index < -0.39 is 0 Å². The van der Waals surface area contributed by atoms with Gasteiger partial charge in [0.2, 0.25) is 0 Å². The fourth-order valence-corrected chi connectivity index (χ4v) is 3.54. The monoisotopic (exact) mass is 285 g/mol. The highest BCUT2D eigenvalue weighted by molar-refractivity contribution is 9.10. The van der Waals surface area contributed by atoms with Crippen LogP contribution in [0.1, 0.15) is 30.6 Å². The molecule has 0 amide bonds. The third-order valence-electron chi connectivity index (χ3n) is 3.29. The molecule has 0 atom stereocenters. The first kappa shape index (κ1) is 10.3. The minimum atomic E-state index is 0.902. The summed E-state index contributed by atoms with van der Waals surface area (Å²) in [6.45, 7) is 2.51. The topological polar surface area (TPSA) is 3.24 Å². The number of rotatable bonds is 5. The van der Waals surface area contributed by atoms with Crippen LogP contribution in [0.15, 0.2) is 15.9 Å². The van der Waals surface area contributed by atoms with Crippen molar-refractivity contribution >= 4 is 27.3 Å². The Balaban J connectivity index is 1.64. The normalized spacial score (nSPS) is 21.2. The quantitative estimate of drug-likeness (QED) is 0.794. The molecular weight excluding hydrogens is 270 g/mol.